The summed E-state index contributed by atoms with van der Waals surface area (Å²) in [6.45, 7) is 0.156. The number of ether oxygens (including phenoxy) is 2. The minimum absolute atomic E-state index is 0.00930. The molecular formula is C25H33FN6O3. The summed E-state index contributed by atoms with van der Waals surface area (Å²) in [4.78, 5) is 26.4. The van der Waals surface area contributed by atoms with E-state index < -0.39 is 5.82 Å². The van der Waals surface area contributed by atoms with E-state index in [0.29, 0.717) is 17.5 Å². The molecule has 188 valence electrons. The van der Waals surface area contributed by atoms with E-state index in [2.05, 4.69) is 10.3 Å². The van der Waals surface area contributed by atoms with Gasteiger partial charge in [-0.2, -0.15) is 4.98 Å². The summed E-state index contributed by atoms with van der Waals surface area (Å²) in [7, 11) is 2.89. The van der Waals surface area contributed by atoms with Crippen LogP contribution in [0.1, 0.15) is 56.9 Å². The Balaban J connectivity index is 1.50. The van der Waals surface area contributed by atoms with Gasteiger partial charge in [0.15, 0.2) is 11.6 Å². The lowest BCUT2D eigenvalue weighted by Crippen LogP contribution is -2.52. The van der Waals surface area contributed by atoms with Gasteiger partial charge in [-0.15, -0.1) is 0 Å². The van der Waals surface area contributed by atoms with Crippen LogP contribution < -0.4 is 30.3 Å². The fraction of sp³-hybridized carbons (Fsp3) is 0.560. The van der Waals surface area contributed by atoms with Crippen molar-refractivity contribution in [3.63, 3.8) is 0 Å². The number of benzene rings is 1. The summed E-state index contributed by atoms with van der Waals surface area (Å²) in [6.07, 6.45) is 9.49. The maximum Gasteiger partial charge on any atom is 0.330 e. The largest absolute Gasteiger partial charge is 0.497 e. The first kappa shape index (κ1) is 23.6. The first-order valence-electron chi connectivity index (χ1n) is 12.4. The quantitative estimate of drug-likeness (QED) is 0.633. The number of nitrogens with zero attached hydrogens (tertiary/aromatic N) is 4. The molecule has 2 aliphatic carbocycles. The van der Waals surface area contributed by atoms with Crippen molar-refractivity contribution in [3.8, 4) is 11.5 Å². The van der Waals surface area contributed by atoms with Crippen LogP contribution in [-0.2, 0) is 6.54 Å². The average Bonchev–Trinajstić information content (AvgIpc) is 3.40. The Morgan fingerprint density at radius 2 is 1.83 bits per heavy atom. The first-order chi connectivity index (χ1) is 17.0. The Morgan fingerprint density at radius 1 is 1.09 bits per heavy atom. The highest BCUT2D eigenvalue weighted by molar-refractivity contribution is 6.06. The number of halogens is 1. The zero-order chi connectivity index (χ0) is 24.5. The second-order valence-electron chi connectivity index (χ2n) is 9.64. The summed E-state index contributed by atoms with van der Waals surface area (Å²) >= 11 is 0. The van der Waals surface area contributed by atoms with Gasteiger partial charge in [-0.05, 0) is 38.5 Å². The molecule has 0 bridgehead atoms. The number of methoxy groups -OCH3 is 2. The number of aromatic nitrogens is 2. The molecule has 2 aromatic rings. The highest BCUT2D eigenvalue weighted by atomic mass is 19.1. The van der Waals surface area contributed by atoms with Crippen LogP contribution in [0.15, 0.2) is 18.3 Å². The van der Waals surface area contributed by atoms with Crippen molar-refractivity contribution in [2.24, 2.45) is 5.73 Å². The summed E-state index contributed by atoms with van der Waals surface area (Å²) < 4.78 is 25.9. The monoisotopic (exact) mass is 484 g/mol. The Kier molecular flexibility index (Phi) is 6.64. The van der Waals surface area contributed by atoms with Crippen molar-refractivity contribution < 1.29 is 18.7 Å². The number of nitrogens with two attached hydrogens (primary N) is 1. The smallest absolute Gasteiger partial charge is 0.330 e. The first-order valence-corrected chi connectivity index (χ1v) is 12.4. The molecule has 2 heterocycles. The molecule has 1 aliphatic heterocycles. The molecule has 0 atom stereocenters. The summed E-state index contributed by atoms with van der Waals surface area (Å²) in [5.41, 5.74) is 6.93. The number of rotatable bonds is 6. The van der Waals surface area contributed by atoms with Gasteiger partial charge in [-0.1, -0.05) is 12.8 Å². The minimum Gasteiger partial charge on any atom is -0.497 e. The molecule has 0 radical (unpaired) electrons. The van der Waals surface area contributed by atoms with Gasteiger partial charge in [0.05, 0.1) is 26.5 Å². The van der Waals surface area contributed by atoms with Crippen molar-refractivity contribution in [2.75, 3.05) is 29.3 Å². The topological polar surface area (TPSA) is 106 Å². The van der Waals surface area contributed by atoms with Gasteiger partial charge in [0.1, 0.15) is 11.6 Å². The number of anilines is 3. The Hall–Kier alpha value is -3.14. The van der Waals surface area contributed by atoms with E-state index in [1.165, 1.54) is 31.3 Å². The molecule has 1 aromatic heterocycles. The number of fused-ring (bicyclic) bond motifs is 1. The highest BCUT2D eigenvalue weighted by Crippen LogP contribution is 2.40. The van der Waals surface area contributed by atoms with Gasteiger partial charge in [0.2, 0.25) is 5.95 Å². The molecule has 1 aromatic carbocycles. The fourth-order valence-corrected chi connectivity index (χ4v) is 5.39. The molecule has 35 heavy (non-hydrogen) atoms. The average molecular weight is 485 g/mol. The lowest BCUT2D eigenvalue weighted by Gasteiger charge is -2.39. The zero-order valence-electron chi connectivity index (χ0n) is 20.3. The van der Waals surface area contributed by atoms with Crippen LogP contribution in [0.2, 0.25) is 0 Å². The van der Waals surface area contributed by atoms with E-state index in [1.54, 1.807) is 11.1 Å². The second-order valence-corrected chi connectivity index (χ2v) is 9.64. The molecule has 0 saturated heterocycles. The van der Waals surface area contributed by atoms with Gasteiger partial charge >= 0.3 is 6.03 Å². The number of carbonyl (C=O) groups excluding carboxylic acids is 1. The van der Waals surface area contributed by atoms with Gasteiger partial charge in [-0.3, -0.25) is 9.80 Å². The lowest BCUT2D eigenvalue weighted by atomic mass is 9.92. The standard InChI is InChI=1S/C25H33FN6O3/c1-34-19-11-20(22(26)21(12-19)35-2)31-14-15-13-28-24(29-17-9-7-16(27)8-10-17)30-23(15)32(25(31)33)18-5-3-4-6-18/h11-13,16-18H,3-10,14,27H2,1-2H3,(H,28,29,30). The van der Waals surface area contributed by atoms with Crippen LogP contribution in [-0.4, -0.2) is 48.3 Å². The van der Waals surface area contributed by atoms with Gasteiger partial charge in [0, 0.05) is 42.0 Å². The molecule has 3 N–H and O–H groups in total. The van der Waals surface area contributed by atoms with Crippen LogP contribution in [0, 0.1) is 5.82 Å². The van der Waals surface area contributed by atoms with E-state index in [4.69, 9.17) is 20.2 Å². The molecule has 3 aliphatic rings. The molecule has 5 rings (SSSR count). The number of hydrogen-bond acceptors (Lipinski definition) is 7. The molecule has 10 heteroatoms. The minimum atomic E-state index is -0.605. The lowest BCUT2D eigenvalue weighted by molar-refractivity contribution is 0.247. The van der Waals surface area contributed by atoms with E-state index >= 15 is 4.39 Å². The maximum atomic E-state index is 15.3. The SMILES string of the molecule is COc1cc(OC)c(F)c(N2Cc3cnc(NC4CCC(N)CC4)nc3N(C3CCCC3)C2=O)c1. The van der Waals surface area contributed by atoms with Crippen LogP contribution >= 0.6 is 0 Å². The molecule has 0 unspecified atom stereocenters. The van der Waals surface area contributed by atoms with E-state index in [1.807, 2.05) is 0 Å². The van der Waals surface area contributed by atoms with Crippen molar-refractivity contribution in [1.29, 1.82) is 0 Å². The normalized spacial score (nSPS) is 22.8. The number of nitrogens with one attached hydrogen (secondary N) is 1. The third-order valence-corrected chi connectivity index (χ3v) is 7.37. The number of hydrogen-bond donors (Lipinski definition) is 2. The second kappa shape index (κ2) is 9.85. The summed E-state index contributed by atoms with van der Waals surface area (Å²) in [5, 5.41) is 3.44. The predicted molar refractivity (Wildman–Crippen MR) is 132 cm³/mol. The van der Waals surface area contributed by atoms with E-state index in [0.717, 1.165) is 56.9 Å². The summed E-state index contributed by atoms with van der Waals surface area (Å²) in [6, 6.07) is 3.23. The third-order valence-electron chi connectivity index (χ3n) is 7.37. The maximum absolute atomic E-state index is 15.3. The van der Waals surface area contributed by atoms with E-state index in [9.17, 15) is 4.79 Å². The van der Waals surface area contributed by atoms with Gasteiger partial charge in [-0.25, -0.2) is 14.2 Å². The Labute approximate surface area is 204 Å². The molecular weight excluding hydrogens is 451 g/mol. The number of carbonyl (C=O) groups is 1. The molecule has 2 amide bonds. The predicted octanol–water partition coefficient (Wildman–Crippen LogP) is 4.20. The van der Waals surface area contributed by atoms with Crippen LogP contribution in [0.25, 0.3) is 0 Å². The van der Waals surface area contributed by atoms with Crippen LogP contribution in [0.5, 0.6) is 11.5 Å². The molecule has 2 fully saturated rings. The van der Waals surface area contributed by atoms with Crippen LogP contribution in [0.3, 0.4) is 0 Å². The molecule has 2 saturated carbocycles. The molecule has 9 nitrogen and oxygen atoms in total. The van der Waals surface area contributed by atoms with Crippen molar-refractivity contribution >= 4 is 23.5 Å². The zero-order valence-corrected chi connectivity index (χ0v) is 20.3. The highest BCUT2D eigenvalue weighted by Gasteiger charge is 2.40. The van der Waals surface area contributed by atoms with Crippen molar-refractivity contribution in [3.05, 3.63) is 29.7 Å². The third kappa shape index (κ3) is 4.59. The van der Waals surface area contributed by atoms with Gasteiger partial charge in [0.25, 0.3) is 0 Å². The Morgan fingerprint density at radius 3 is 2.51 bits per heavy atom. The Bertz CT molecular complexity index is 1090. The van der Waals surface area contributed by atoms with Crippen molar-refractivity contribution in [2.45, 2.75) is 76.0 Å². The number of urea groups is 1. The summed E-state index contributed by atoms with van der Waals surface area (Å²) in [5.74, 6) is 0.952. The van der Waals surface area contributed by atoms with Gasteiger partial charge < -0.3 is 20.5 Å². The van der Waals surface area contributed by atoms with E-state index in [-0.39, 0.29) is 42.1 Å². The van der Waals surface area contributed by atoms with Crippen LogP contribution in [0.4, 0.5) is 26.6 Å². The van der Waals surface area contributed by atoms with Crippen molar-refractivity contribution in [1.82, 2.24) is 9.97 Å². The fourth-order valence-electron chi connectivity index (χ4n) is 5.39. The molecule has 0 spiro atoms. The number of amides is 2.